The molecule has 1 saturated heterocycles. The van der Waals surface area contributed by atoms with E-state index in [1.54, 1.807) is 24.3 Å². The zero-order chi connectivity index (χ0) is 23.9. The van der Waals surface area contributed by atoms with Crippen molar-refractivity contribution in [2.45, 2.75) is 11.4 Å². The number of halogens is 1. The predicted octanol–water partition coefficient (Wildman–Crippen LogP) is 1.91. The second-order valence-electron chi connectivity index (χ2n) is 6.67. The van der Waals surface area contributed by atoms with E-state index in [0.717, 1.165) is 5.56 Å². The minimum Gasteiger partial charge on any atom is -0.473 e. The van der Waals surface area contributed by atoms with Gasteiger partial charge in [0.1, 0.15) is 0 Å². The summed E-state index contributed by atoms with van der Waals surface area (Å²) in [6.07, 6.45) is 0. The highest BCUT2D eigenvalue weighted by molar-refractivity contribution is 7.89. The molecule has 0 unspecified atom stereocenters. The van der Waals surface area contributed by atoms with Crippen LogP contribution in [0.4, 0.5) is 5.69 Å². The molecule has 32 heavy (non-hydrogen) atoms. The van der Waals surface area contributed by atoms with Crippen LogP contribution in [0.15, 0.2) is 53.4 Å². The SMILES string of the molecule is O=C(O)C(=O)O.O=[N+]([O-])c1cccc(CN2CCN(S(=O)(=O)c3ccc(Cl)cc3)CC2)c1. The number of benzene rings is 2. The minimum absolute atomic E-state index is 0.0615. The molecule has 1 aliphatic rings. The number of rotatable bonds is 5. The van der Waals surface area contributed by atoms with Crippen molar-refractivity contribution in [3.05, 3.63) is 69.2 Å². The largest absolute Gasteiger partial charge is 0.473 e. The lowest BCUT2D eigenvalue weighted by atomic mass is 10.2. The number of carboxylic acids is 2. The molecule has 2 aromatic rings. The first-order valence-corrected chi connectivity index (χ1v) is 11.0. The number of nitrogens with zero attached hydrogens (tertiary/aromatic N) is 3. The van der Waals surface area contributed by atoms with E-state index in [2.05, 4.69) is 4.90 Å². The fraction of sp³-hybridized carbons (Fsp3) is 0.263. The second kappa shape index (κ2) is 11.0. The predicted molar refractivity (Wildman–Crippen MR) is 114 cm³/mol. The number of piperazine rings is 1. The summed E-state index contributed by atoms with van der Waals surface area (Å²) in [5.74, 6) is -3.65. The van der Waals surface area contributed by atoms with Crippen LogP contribution in [0.1, 0.15) is 5.56 Å². The van der Waals surface area contributed by atoms with Gasteiger partial charge in [-0.2, -0.15) is 4.31 Å². The third kappa shape index (κ3) is 6.99. The first-order chi connectivity index (χ1) is 15.0. The quantitative estimate of drug-likeness (QED) is 0.366. The van der Waals surface area contributed by atoms with E-state index in [4.69, 9.17) is 31.4 Å². The van der Waals surface area contributed by atoms with Crippen molar-refractivity contribution >= 4 is 39.3 Å². The molecule has 172 valence electrons. The lowest BCUT2D eigenvalue weighted by Gasteiger charge is -2.34. The van der Waals surface area contributed by atoms with Crippen molar-refractivity contribution in [1.82, 2.24) is 9.21 Å². The Morgan fingerprint density at radius 2 is 1.56 bits per heavy atom. The Bertz CT molecular complexity index is 1070. The van der Waals surface area contributed by atoms with Crippen LogP contribution in [0.5, 0.6) is 0 Å². The summed E-state index contributed by atoms with van der Waals surface area (Å²) in [6, 6.07) is 12.6. The van der Waals surface area contributed by atoms with E-state index in [1.807, 2.05) is 6.07 Å². The van der Waals surface area contributed by atoms with Crippen molar-refractivity contribution < 1.29 is 33.1 Å². The standard InChI is InChI=1S/C17H18ClN3O4S.C2H2O4/c18-15-4-6-17(7-5-15)26(24,25)20-10-8-19(9-11-20)13-14-2-1-3-16(12-14)21(22)23;3-1(4)2(5)6/h1-7,12H,8-11,13H2;(H,3,4)(H,5,6). The average Bonchev–Trinajstić information content (AvgIpc) is 2.75. The molecule has 0 bridgehead atoms. The Kier molecular flexibility index (Phi) is 8.66. The monoisotopic (exact) mass is 485 g/mol. The Morgan fingerprint density at radius 3 is 2.06 bits per heavy atom. The maximum absolute atomic E-state index is 12.7. The van der Waals surface area contributed by atoms with E-state index in [0.29, 0.717) is 37.7 Å². The molecule has 0 spiro atoms. The van der Waals surface area contributed by atoms with Crippen LogP contribution in [0.3, 0.4) is 0 Å². The number of carboxylic acid groups (broad SMARTS) is 2. The third-order valence-electron chi connectivity index (χ3n) is 4.49. The van der Waals surface area contributed by atoms with Gasteiger partial charge in [-0.25, -0.2) is 18.0 Å². The molecule has 3 rings (SSSR count). The number of non-ortho nitro benzene ring substituents is 1. The zero-order valence-corrected chi connectivity index (χ0v) is 18.2. The molecule has 1 fully saturated rings. The van der Waals surface area contributed by atoms with Gasteiger partial charge in [-0.05, 0) is 29.8 Å². The summed E-state index contributed by atoms with van der Waals surface area (Å²) in [4.78, 5) is 31.0. The second-order valence-corrected chi connectivity index (χ2v) is 9.05. The summed E-state index contributed by atoms with van der Waals surface area (Å²) < 4.78 is 26.8. The number of nitro benzene ring substituents is 1. The van der Waals surface area contributed by atoms with Gasteiger partial charge >= 0.3 is 11.9 Å². The fourth-order valence-electron chi connectivity index (χ4n) is 2.91. The Morgan fingerprint density at radius 1 is 1.00 bits per heavy atom. The van der Waals surface area contributed by atoms with Gasteiger partial charge in [0.2, 0.25) is 10.0 Å². The molecule has 0 radical (unpaired) electrons. The van der Waals surface area contributed by atoms with Crippen molar-refractivity contribution in [1.29, 1.82) is 0 Å². The smallest absolute Gasteiger partial charge is 0.414 e. The van der Waals surface area contributed by atoms with E-state index in [9.17, 15) is 18.5 Å². The highest BCUT2D eigenvalue weighted by Crippen LogP contribution is 2.21. The third-order valence-corrected chi connectivity index (χ3v) is 6.66. The number of hydrogen-bond acceptors (Lipinski definition) is 7. The molecular weight excluding hydrogens is 466 g/mol. The molecule has 1 aliphatic heterocycles. The zero-order valence-electron chi connectivity index (χ0n) is 16.6. The van der Waals surface area contributed by atoms with Gasteiger partial charge in [-0.15, -0.1) is 0 Å². The molecule has 0 atom stereocenters. The molecule has 2 aromatic carbocycles. The topological polar surface area (TPSA) is 158 Å². The molecular formula is C19H20ClN3O8S. The molecule has 0 amide bonds. The highest BCUT2D eigenvalue weighted by atomic mass is 35.5. The molecule has 1 heterocycles. The molecule has 0 aliphatic carbocycles. The van der Waals surface area contributed by atoms with E-state index in [1.165, 1.54) is 22.5 Å². The van der Waals surface area contributed by atoms with Crippen molar-refractivity contribution in [3.8, 4) is 0 Å². The Labute approximate surface area is 188 Å². The molecule has 11 nitrogen and oxygen atoms in total. The van der Waals surface area contributed by atoms with Crippen LogP contribution in [0, 0.1) is 10.1 Å². The van der Waals surface area contributed by atoms with Crippen LogP contribution in [0.2, 0.25) is 5.02 Å². The normalized spacial score (nSPS) is 14.8. The first kappa shape index (κ1) is 25.2. The number of hydrogen-bond donors (Lipinski definition) is 2. The molecule has 0 aromatic heterocycles. The van der Waals surface area contributed by atoms with Crippen molar-refractivity contribution in [2.24, 2.45) is 0 Å². The van der Waals surface area contributed by atoms with Gasteiger partial charge in [0.05, 0.1) is 9.82 Å². The average molecular weight is 486 g/mol. The number of sulfonamides is 1. The molecule has 13 heteroatoms. The van der Waals surface area contributed by atoms with Crippen LogP contribution in [0.25, 0.3) is 0 Å². The van der Waals surface area contributed by atoms with Crippen LogP contribution >= 0.6 is 11.6 Å². The van der Waals surface area contributed by atoms with Crippen molar-refractivity contribution in [3.63, 3.8) is 0 Å². The van der Waals surface area contributed by atoms with E-state index < -0.39 is 26.9 Å². The summed E-state index contributed by atoms with van der Waals surface area (Å²) in [5.41, 5.74) is 0.902. The van der Waals surface area contributed by atoms with E-state index >= 15 is 0 Å². The van der Waals surface area contributed by atoms with Crippen LogP contribution < -0.4 is 0 Å². The lowest BCUT2D eigenvalue weighted by Crippen LogP contribution is -2.48. The van der Waals surface area contributed by atoms with E-state index in [-0.39, 0.29) is 10.6 Å². The Hall–Kier alpha value is -3.06. The molecule has 2 N–H and O–H groups in total. The van der Waals surface area contributed by atoms with Crippen LogP contribution in [-0.4, -0.2) is 70.9 Å². The van der Waals surface area contributed by atoms with Gasteiger partial charge < -0.3 is 10.2 Å². The fourth-order valence-corrected chi connectivity index (χ4v) is 4.46. The summed E-state index contributed by atoms with van der Waals surface area (Å²) in [5, 5.41) is 26.1. The van der Waals surface area contributed by atoms with Gasteiger partial charge in [0, 0.05) is 49.9 Å². The maximum atomic E-state index is 12.7. The highest BCUT2D eigenvalue weighted by Gasteiger charge is 2.28. The Balaban J connectivity index is 0.000000534. The summed E-state index contributed by atoms with van der Waals surface area (Å²) in [6.45, 7) is 2.43. The summed E-state index contributed by atoms with van der Waals surface area (Å²) in [7, 11) is -3.53. The van der Waals surface area contributed by atoms with Crippen LogP contribution in [-0.2, 0) is 26.2 Å². The van der Waals surface area contributed by atoms with Gasteiger partial charge in [-0.3, -0.25) is 15.0 Å². The number of aliphatic carboxylic acids is 2. The minimum atomic E-state index is -3.53. The van der Waals surface area contributed by atoms with Gasteiger partial charge in [0.15, 0.2) is 0 Å². The molecule has 0 saturated carbocycles. The van der Waals surface area contributed by atoms with Gasteiger partial charge in [0.25, 0.3) is 5.69 Å². The number of nitro groups is 1. The summed E-state index contributed by atoms with van der Waals surface area (Å²) >= 11 is 5.82. The number of carbonyl (C=O) groups is 2. The van der Waals surface area contributed by atoms with Crippen molar-refractivity contribution in [2.75, 3.05) is 26.2 Å². The first-order valence-electron chi connectivity index (χ1n) is 9.18. The maximum Gasteiger partial charge on any atom is 0.414 e. The lowest BCUT2D eigenvalue weighted by molar-refractivity contribution is -0.384. The van der Waals surface area contributed by atoms with Gasteiger partial charge in [-0.1, -0.05) is 23.7 Å².